The Balaban J connectivity index is 1.56. The first-order valence-corrected chi connectivity index (χ1v) is 9.18. The van der Waals surface area contributed by atoms with Gasteiger partial charge in [0, 0.05) is 30.6 Å². The number of carbonyl (C=O) groups is 5. The lowest BCUT2D eigenvalue weighted by atomic mass is 10.0. The first-order valence-electron chi connectivity index (χ1n) is 9.18. The standard InChI is InChI=1S/C19H19N3O6/c23-15-6-5-13(16(24)20-15)22-9-11-8-10(3-4-12(11)18(22)26)17(25)21-7-1-2-14(21)19(27)28/h3-4,8,13-14H,1-2,5-7,9H2,(H,27,28)(H,20,23,24)/t13?,14-/m1/s1. The molecule has 4 amide bonds. The van der Waals surface area contributed by atoms with Gasteiger partial charge >= 0.3 is 5.97 Å². The van der Waals surface area contributed by atoms with Crippen molar-refractivity contribution in [3.63, 3.8) is 0 Å². The number of benzene rings is 1. The molecule has 0 radical (unpaired) electrons. The van der Waals surface area contributed by atoms with E-state index in [2.05, 4.69) is 5.32 Å². The van der Waals surface area contributed by atoms with Crippen LogP contribution in [0.1, 0.15) is 52.0 Å². The van der Waals surface area contributed by atoms with Crippen molar-refractivity contribution in [2.75, 3.05) is 6.54 Å². The Bertz CT molecular complexity index is 911. The number of aliphatic carboxylic acids is 1. The van der Waals surface area contributed by atoms with Crippen LogP contribution in [0, 0.1) is 0 Å². The number of carboxylic acid groups (broad SMARTS) is 1. The molecule has 1 aromatic carbocycles. The van der Waals surface area contributed by atoms with Gasteiger partial charge in [-0.15, -0.1) is 0 Å². The highest BCUT2D eigenvalue weighted by atomic mass is 16.4. The fraction of sp³-hybridized carbons (Fsp3) is 0.421. The molecule has 4 rings (SSSR count). The van der Waals surface area contributed by atoms with Gasteiger partial charge in [0.2, 0.25) is 11.8 Å². The smallest absolute Gasteiger partial charge is 0.326 e. The third kappa shape index (κ3) is 2.92. The molecule has 9 nitrogen and oxygen atoms in total. The summed E-state index contributed by atoms with van der Waals surface area (Å²) < 4.78 is 0. The molecule has 1 aromatic rings. The predicted molar refractivity (Wildman–Crippen MR) is 94.2 cm³/mol. The second kappa shape index (κ2) is 6.74. The van der Waals surface area contributed by atoms with E-state index in [1.165, 1.54) is 15.9 Å². The van der Waals surface area contributed by atoms with Crippen molar-refractivity contribution in [1.82, 2.24) is 15.1 Å². The largest absolute Gasteiger partial charge is 0.480 e. The number of amides is 4. The van der Waals surface area contributed by atoms with E-state index >= 15 is 0 Å². The summed E-state index contributed by atoms with van der Waals surface area (Å²) >= 11 is 0. The fourth-order valence-corrected chi connectivity index (χ4v) is 4.14. The molecule has 2 N–H and O–H groups in total. The molecule has 3 aliphatic heterocycles. The molecule has 3 heterocycles. The van der Waals surface area contributed by atoms with Gasteiger partial charge in [-0.05, 0) is 43.0 Å². The Morgan fingerprint density at radius 2 is 1.93 bits per heavy atom. The number of imide groups is 1. The van der Waals surface area contributed by atoms with E-state index in [1.54, 1.807) is 12.1 Å². The zero-order chi connectivity index (χ0) is 20.0. The number of fused-ring (bicyclic) bond motifs is 1. The lowest BCUT2D eigenvalue weighted by Crippen LogP contribution is -2.52. The van der Waals surface area contributed by atoms with E-state index in [4.69, 9.17) is 0 Å². The molecular weight excluding hydrogens is 366 g/mol. The second-order valence-corrected chi connectivity index (χ2v) is 7.27. The van der Waals surface area contributed by atoms with Gasteiger partial charge in [-0.1, -0.05) is 0 Å². The number of hydrogen-bond acceptors (Lipinski definition) is 5. The molecule has 0 aromatic heterocycles. The van der Waals surface area contributed by atoms with Gasteiger partial charge in [0.1, 0.15) is 12.1 Å². The Hall–Kier alpha value is -3.23. The quantitative estimate of drug-likeness (QED) is 0.713. The summed E-state index contributed by atoms with van der Waals surface area (Å²) in [6.45, 7) is 0.554. The molecule has 9 heteroatoms. The van der Waals surface area contributed by atoms with Crippen LogP contribution in [0.4, 0.5) is 0 Å². The Kier molecular flexibility index (Phi) is 4.37. The maximum absolute atomic E-state index is 12.8. The number of piperidine rings is 1. The highest BCUT2D eigenvalue weighted by Crippen LogP contribution is 2.29. The molecule has 2 atom stereocenters. The van der Waals surface area contributed by atoms with E-state index in [0.29, 0.717) is 36.1 Å². The topological polar surface area (TPSA) is 124 Å². The number of likely N-dealkylation sites (tertiary alicyclic amines) is 1. The van der Waals surface area contributed by atoms with Gasteiger partial charge in [-0.2, -0.15) is 0 Å². The van der Waals surface area contributed by atoms with Gasteiger partial charge in [-0.3, -0.25) is 24.5 Å². The molecule has 2 fully saturated rings. The van der Waals surface area contributed by atoms with Gasteiger partial charge in [0.25, 0.3) is 11.8 Å². The highest BCUT2D eigenvalue weighted by Gasteiger charge is 2.40. The van der Waals surface area contributed by atoms with Gasteiger partial charge in [0.05, 0.1) is 0 Å². The molecule has 28 heavy (non-hydrogen) atoms. The molecule has 0 spiro atoms. The number of nitrogens with zero attached hydrogens (tertiary/aromatic N) is 2. The number of carboxylic acids is 1. The molecule has 3 aliphatic rings. The number of carbonyl (C=O) groups excluding carboxylic acids is 4. The molecule has 146 valence electrons. The maximum atomic E-state index is 12.8. The Labute approximate surface area is 160 Å². The van der Waals surface area contributed by atoms with Gasteiger partial charge in [0.15, 0.2) is 0 Å². The lowest BCUT2D eigenvalue weighted by Gasteiger charge is -2.29. The molecule has 2 saturated heterocycles. The summed E-state index contributed by atoms with van der Waals surface area (Å²) in [6.07, 6.45) is 1.50. The molecule has 0 bridgehead atoms. The van der Waals surface area contributed by atoms with Crippen molar-refractivity contribution in [3.05, 3.63) is 34.9 Å². The minimum Gasteiger partial charge on any atom is -0.480 e. The van der Waals surface area contributed by atoms with Crippen LogP contribution >= 0.6 is 0 Å². The molecule has 1 unspecified atom stereocenters. The predicted octanol–water partition coefficient (Wildman–Crippen LogP) is 0.137. The van der Waals surface area contributed by atoms with Crippen molar-refractivity contribution >= 4 is 29.6 Å². The summed E-state index contributed by atoms with van der Waals surface area (Å²) in [5.41, 5.74) is 1.36. The van der Waals surface area contributed by atoms with Gasteiger partial charge < -0.3 is 14.9 Å². The number of nitrogens with one attached hydrogen (secondary N) is 1. The van der Waals surface area contributed by atoms with E-state index in [-0.39, 0.29) is 37.1 Å². The summed E-state index contributed by atoms with van der Waals surface area (Å²) in [6, 6.07) is 3.11. The van der Waals surface area contributed by atoms with Crippen molar-refractivity contribution in [2.24, 2.45) is 0 Å². The van der Waals surface area contributed by atoms with E-state index in [0.717, 1.165) is 0 Å². The van der Waals surface area contributed by atoms with Crippen molar-refractivity contribution in [3.8, 4) is 0 Å². The Morgan fingerprint density at radius 1 is 1.14 bits per heavy atom. The summed E-state index contributed by atoms with van der Waals surface area (Å²) in [5.74, 6) is -2.55. The first-order chi connectivity index (χ1) is 13.4. The zero-order valence-corrected chi connectivity index (χ0v) is 15.0. The van der Waals surface area contributed by atoms with E-state index < -0.39 is 24.0 Å². The van der Waals surface area contributed by atoms with E-state index in [1.807, 2.05) is 0 Å². The SMILES string of the molecule is O=C1CCC(N2Cc3cc(C(=O)N4CCC[C@@H]4C(=O)O)ccc3C2=O)C(=O)N1. The van der Waals surface area contributed by atoms with Crippen molar-refractivity contribution < 1.29 is 29.1 Å². The van der Waals surface area contributed by atoms with Gasteiger partial charge in [-0.25, -0.2) is 4.79 Å². The highest BCUT2D eigenvalue weighted by molar-refractivity contribution is 6.06. The van der Waals surface area contributed by atoms with Crippen LogP contribution < -0.4 is 5.32 Å². The van der Waals surface area contributed by atoms with Crippen LogP contribution in [0.2, 0.25) is 0 Å². The summed E-state index contributed by atoms with van der Waals surface area (Å²) in [4.78, 5) is 63.0. The number of hydrogen-bond donors (Lipinski definition) is 2. The average molecular weight is 385 g/mol. The summed E-state index contributed by atoms with van der Waals surface area (Å²) in [5, 5.41) is 11.5. The maximum Gasteiger partial charge on any atom is 0.326 e. The minimum atomic E-state index is -1.02. The summed E-state index contributed by atoms with van der Waals surface area (Å²) in [7, 11) is 0. The molecule has 0 aliphatic carbocycles. The van der Waals surface area contributed by atoms with Crippen molar-refractivity contribution in [2.45, 2.75) is 44.3 Å². The molecule has 0 saturated carbocycles. The van der Waals surface area contributed by atoms with Crippen LogP contribution in [-0.4, -0.2) is 63.1 Å². The number of rotatable bonds is 3. The third-order valence-electron chi connectivity index (χ3n) is 5.57. The van der Waals surface area contributed by atoms with Crippen LogP contribution in [0.3, 0.4) is 0 Å². The normalized spacial score (nSPS) is 24.4. The molecular formula is C19H19N3O6. The van der Waals surface area contributed by atoms with Crippen molar-refractivity contribution in [1.29, 1.82) is 0 Å². The van der Waals surface area contributed by atoms with Crippen LogP contribution in [0.25, 0.3) is 0 Å². The third-order valence-corrected chi connectivity index (χ3v) is 5.57. The lowest BCUT2D eigenvalue weighted by molar-refractivity contribution is -0.141. The minimum absolute atomic E-state index is 0.171. The first kappa shape index (κ1) is 18.1. The van der Waals surface area contributed by atoms with Crippen LogP contribution in [0.15, 0.2) is 18.2 Å². The average Bonchev–Trinajstić information content (AvgIpc) is 3.26. The van der Waals surface area contributed by atoms with Crippen LogP contribution in [-0.2, 0) is 20.9 Å². The van der Waals surface area contributed by atoms with E-state index in [9.17, 15) is 29.1 Å². The van der Waals surface area contributed by atoms with Crippen LogP contribution in [0.5, 0.6) is 0 Å². The fourth-order valence-electron chi connectivity index (χ4n) is 4.14. The monoisotopic (exact) mass is 385 g/mol. The Morgan fingerprint density at radius 3 is 2.64 bits per heavy atom. The second-order valence-electron chi connectivity index (χ2n) is 7.27. The zero-order valence-electron chi connectivity index (χ0n) is 15.0.